The first-order chi connectivity index (χ1) is 11.6. The van der Waals surface area contributed by atoms with Gasteiger partial charge in [-0.1, -0.05) is 57.0 Å². The Labute approximate surface area is 146 Å². The third kappa shape index (κ3) is 5.14. The maximum absolute atomic E-state index is 14.6. The number of benzene rings is 1. The molecule has 1 atom stereocenters. The SMILES string of the molecule is CCCC1(CCC)CCN(C(F)CCC(=O)c2ccccc2)CC1. The molecular weight excluding hydrogens is 301 g/mol. The number of piperidine rings is 1. The highest BCUT2D eigenvalue weighted by molar-refractivity contribution is 5.95. The average Bonchev–Trinajstić information content (AvgIpc) is 2.61. The van der Waals surface area contributed by atoms with Gasteiger partial charge in [0.25, 0.3) is 0 Å². The van der Waals surface area contributed by atoms with Gasteiger partial charge in [0, 0.05) is 25.1 Å². The molecule has 1 aliphatic heterocycles. The van der Waals surface area contributed by atoms with E-state index in [0.717, 1.165) is 25.9 Å². The van der Waals surface area contributed by atoms with Gasteiger partial charge in [0.05, 0.1) is 0 Å². The van der Waals surface area contributed by atoms with Gasteiger partial charge in [-0.3, -0.25) is 9.69 Å². The zero-order valence-corrected chi connectivity index (χ0v) is 15.3. The van der Waals surface area contributed by atoms with Gasteiger partial charge in [0.1, 0.15) is 0 Å². The molecule has 1 aromatic carbocycles. The largest absolute Gasteiger partial charge is 0.294 e. The molecule has 1 heterocycles. The molecule has 1 unspecified atom stereocenters. The Balaban J connectivity index is 1.80. The van der Waals surface area contributed by atoms with Gasteiger partial charge < -0.3 is 0 Å². The lowest BCUT2D eigenvalue weighted by atomic mass is 9.72. The molecule has 134 valence electrons. The third-order valence-electron chi connectivity index (χ3n) is 5.52. The molecule has 0 aromatic heterocycles. The molecule has 1 saturated heterocycles. The van der Waals surface area contributed by atoms with Crippen molar-refractivity contribution in [2.24, 2.45) is 5.41 Å². The Morgan fingerprint density at radius 3 is 2.25 bits per heavy atom. The Morgan fingerprint density at radius 1 is 1.12 bits per heavy atom. The summed E-state index contributed by atoms with van der Waals surface area (Å²) >= 11 is 0. The number of hydrogen-bond acceptors (Lipinski definition) is 2. The van der Waals surface area contributed by atoms with Crippen LogP contribution < -0.4 is 0 Å². The number of likely N-dealkylation sites (tertiary alicyclic amines) is 1. The van der Waals surface area contributed by atoms with E-state index in [0.29, 0.717) is 17.4 Å². The van der Waals surface area contributed by atoms with Crippen LogP contribution in [0.25, 0.3) is 0 Å². The second-order valence-electron chi connectivity index (χ2n) is 7.30. The standard InChI is InChI=1S/C21H32FNO/c1-3-12-21(13-4-2)14-16-23(17-15-21)20(22)11-10-19(24)18-8-6-5-7-9-18/h5-9,20H,3-4,10-17H2,1-2H3. The van der Waals surface area contributed by atoms with Crippen molar-refractivity contribution in [1.82, 2.24) is 4.90 Å². The molecule has 0 radical (unpaired) electrons. The van der Waals surface area contributed by atoms with Crippen LogP contribution in [0.4, 0.5) is 4.39 Å². The number of carbonyl (C=O) groups excluding carboxylic acids is 1. The summed E-state index contributed by atoms with van der Waals surface area (Å²) in [5, 5.41) is 0. The lowest BCUT2D eigenvalue weighted by Crippen LogP contribution is -2.44. The summed E-state index contributed by atoms with van der Waals surface area (Å²) in [5.74, 6) is 0.0431. The molecule has 0 saturated carbocycles. The zero-order chi connectivity index (χ0) is 17.4. The number of Topliss-reactive ketones (excluding diaryl/α,β-unsaturated/α-hetero) is 1. The van der Waals surface area contributed by atoms with E-state index in [4.69, 9.17) is 0 Å². The topological polar surface area (TPSA) is 20.3 Å². The summed E-state index contributed by atoms with van der Waals surface area (Å²) in [7, 11) is 0. The van der Waals surface area contributed by atoms with Crippen molar-refractivity contribution in [2.45, 2.75) is 71.5 Å². The van der Waals surface area contributed by atoms with E-state index < -0.39 is 6.30 Å². The highest BCUT2D eigenvalue weighted by Crippen LogP contribution is 2.41. The fourth-order valence-electron chi connectivity index (χ4n) is 4.17. The molecule has 2 nitrogen and oxygen atoms in total. The molecule has 1 fully saturated rings. The highest BCUT2D eigenvalue weighted by atomic mass is 19.1. The molecule has 3 heteroatoms. The minimum Gasteiger partial charge on any atom is -0.294 e. The Bertz CT molecular complexity index is 486. The van der Waals surface area contributed by atoms with Crippen LogP contribution in [0, 0.1) is 5.41 Å². The van der Waals surface area contributed by atoms with Gasteiger partial charge in [0.2, 0.25) is 0 Å². The Hall–Kier alpha value is -1.22. The van der Waals surface area contributed by atoms with Gasteiger partial charge >= 0.3 is 0 Å². The van der Waals surface area contributed by atoms with Crippen LogP contribution in [0.2, 0.25) is 0 Å². The van der Waals surface area contributed by atoms with E-state index in [1.165, 1.54) is 25.7 Å². The maximum Gasteiger partial charge on any atom is 0.163 e. The van der Waals surface area contributed by atoms with Crippen LogP contribution in [0.3, 0.4) is 0 Å². The van der Waals surface area contributed by atoms with E-state index >= 15 is 0 Å². The van der Waals surface area contributed by atoms with E-state index in [1.54, 1.807) is 12.1 Å². The van der Waals surface area contributed by atoms with Crippen LogP contribution in [0.15, 0.2) is 30.3 Å². The van der Waals surface area contributed by atoms with Gasteiger partial charge in [-0.25, -0.2) is 4.39 Å². The van der Waals surface area contributed by atoms with E-state index in [9.17, 15) is 9.18 Å². The summed E-state index contributed by atoms with van der Waals surface area (Å²) in [6, 6.07) is 9.21. The Morgan fingerprint density at radius 2 is 1.71 bits per heavy atom. The number of nitrogens with zero attached hydrogens (tertiary/aromatic N) is 1. The summed E-state index contributed by atoms with van der Waals surface area (Å²) in [6.45, 7) is 6.16. The molecule has 0 aliphatic carbocycles. The summed E-state index contributed by atoms with van der Waals surface area (Å²) < 4.78 is 14.6. The van der Waals surface area contributed by atoms with Gasteiger partial charge in [-0.05, 0) is 37.5 Å². The molecule has 24 heavy (non-hydrogen) atoms. The van der Waals surface area contributed by atoms with Crippen molar-refractivity contribution in [3.05, 3.63) is 35.9 Å². The van der Waals surface area contributed by atoms with Crippen molar-refractivity contribution in [1.29, 1.82) is 0 Å². The summed E-state index contributed by atoms with van der Waals surface area (Å²) in [4.78, 5) is 14.1. The predicted octanol–water partition coefficient (Wildman–Crippen LogP) is 5.63. The molecular formula is C21H32FNO. The monoisotopic (exact) mass is 333 g/mol. The second-order valence-corrected chi connectivity index (χ2v) is 7.30. The maximum atomic E-state index is 14.6. The molecule has 0 bridgehead atoms. The van der Waals surface area contributed by atoms with Crippen molar-refractivity contribution in [2.75, 3.05) is 13.1 Å². The molecule has 0 spiro atoms. The fraction of sp³-hybridized carbons (Fsp3) is 0.667. The quantitative estimate of drug-likeness (QED) is 0.431. The predicted molar refractivity (Wildman–Crippen MR) is 98.0 cm³/mol. The minimum atomic E-state index is -0.987. The van der Waals surface area contributed by atoms with Crippen LogP contribution in [-0.4, -0.2) is 30.1 Å². The van der Waals surface area contributed by atoms with Crippen LogP contribution in [-0.2, 0) is 0 Å². The first-order valence-electron chi connectivity index (χ1n) is 9.56. The van der Waals surface area contributed by atoms with Crippen molar-refractivity contribution in [3.8, 4) is 0 Å². The van der Waals surface area contributed by atoms with E-state index in [1.807, 2.05) is 23.1 Å². The zero-order valence-electron chi connectivity index (χ0n) is 15.3. The van der Waals surface area contributed by atoms with E-state index in [-0.39, 0.29) is 12.2 Å². The van der Waals surface area contributed by atoms with Gasteiger partial charge in [-0.15, -0.1) is 0 Å². The first-order valence-corrected chi connectivity index (χ1v) is 9.56. The highest BCUT2D eigenvalue weighted by Gasteiger charge is 2.35. The van der Waals surface area contributed by atoms with Gasteiger partial charge in [-0.2, -0.15) is 0 Å². The number of halogens is 1. The summed E-state index contributed by atoms with van der Waals surface area (Å²) in [5.41, 5.74) is 1.12. The summed E-state index contributed by atoms with van der Waals surface area (Å²) in [6.07, 6.45) is 6.76. The normalized spacial score (nSPS) is 19.1. The van der Waals surface area contributed by atoms with Gasteiger partial charge in [0.15, 0.2) is 12.1 Å². The number of hydrogen-bond donors (Lipinski definition) is 0. The van der Waals surface area contributed by atoms with E-state index in [2.05, 4.69) is 13.8 Å². The van der Waals surface area contributed by atoms with Crippen molar-refractivity contribution in [3.63, 3.8) is 0 Å². The van der Waals surface area contributed by atoms with Crippen LogP contribution in [0.5, 0.6) is 0 Å². The van der Waals surface area contributed by atoms with Crippen LogP contribution >= 0.6 is 0 Å². The molecule has 1 aromatic rings. The fourth-order valence-corrected chi connectivity index (χ4v) is 4.17. The lowest BCUT2D eigenvalue weighted by molar-refractivity contribution is 0.00495. The Kier molecular flexibility index (Phi) is 7.41. The number of ketones is 1. The molecule has 0 amide bonds. The minimum absolute atomic E-state index is 0.0431. The average molecular weight is 333 g/mol. The van der Waals surface area contributed by atoms with Crippen molar-refractivity contribution < 1.29 is 9.18 Å². The lowest BCUT2D eigenvalue weighted by Gasteiger charge is -2.43. The third-order valence-corrected chi connectivity index (χ3v) is 5.52. The van der Waals surface area contributed by atoms with Crippen LogP contribution in [0.1, 0.15) is 75.6 Å². The molecule has 2 rings (SSSR count). The number of alkyl halides is 1. The first kappa shape index (κ1) is 19.1. The molecule has 1 aliphatic rings. The molecule has 0 N–H and O–H groups in total. The number of rotatable bonds is 9. The second kappa shape index (κ2) is 9.31. The smallest absolute Gasteiger partial charge is 0.163 e. The van der Waals surface area contributed by atoms with Crippen molar-refractivity contribution >= 4 is 5.78 Å². The number of carbonyl (C=O) groups is 1.